The number of methoxy groups -OCH3 is 1. The van der Waals surface area contributed by atoms with Gasteiger partial charge in [0.2, 0.25) is 5.91 Å². The van der Waals surface area contributed by atoms with Crippen LogP contribution in [0.3, 0.4) is 0 Å². The van der Waals surface area contributed by atoms with Crippen LogP contribution in [-0.2, 0) is 14.6 Å². The average molecular weight is 636 g/mol. The first kappa shape index (κ1) is 31.5. The van der Waals surface area contributed by atoms with Gasteiger partial charge in [-0.15, -0.1) is 0 Å². The van der Waals surface area contributed by atoms with Gasteiger partial charge in [0.1, 0.15) is 11.9 Å². The van der Waals surface area contributed by atoms with Gasteiger partial charge in [-0.2, -0.15) is 0 Å². The molecule has 236 valence electrons. The summed E-state index contributed by atoms with van der Waals surface area (Å²) in [5.74, 6) is -0.654. The molecule has 1 aromatic heterocycles. The Bertz CT molecular complexity index is 1880. The number of rotatable bonds is 9. The first-order chi connectivity index (χ1) is 21.4. The van der Waals surface area contributed by atoms with Crippen LogP contribution >= 0.6 is 0 Å². The van der Waals surface area contributed by atoms with Gasteiger partial charge in [-0.3, -0.25) is 10.1 Å². The second-order valence-electron chi connectivity index (χ2n) is 11.1. The van der Waals surface area contributed by atoms with Crippen molar-refractivity contribution >= 4 is 49.8 Å². The van der Waals surface area contributed by atoms with Crippen LogP contribution in [-0.4, -0.2) is 54.3 Å². The molecule has 1 saturated heterocycles. The van der Waals surface area contributed by atoms with Crippen molar-refractivity contribution in [3.05, 3.63) is 83.8 Å². The minimum atomic E-state index is -3.80. The molecule has 13 heteroatoms. The number of halogens is 1. The molecule has 1 aliphatic heterocycles. The van der Waals surface area contributed by atoms with E-state index >= 15 is 0 Å². The summed E-state index contributed by atoms with van der Waals surface area (Å²) in [5.41, 5.74) is 7.54. The van der Waals surface area contributed by atoms with Gasteiger partial charge in [0.25, 0.3) is 0 Å². The SMILES string of the molecule is COc1cc([C@@H](Nc2ccc3c(N)nccc3c2)C(=O)N2CCC[C@@H]2c2cc(NC(=O)O)ccc2S(=O)(=O)C(C)C)ccc1F. The fraction of sp³-hybridized carbons (Fsp3) is 0.281. The van der Waals surface area contributed by atoms with Crippen molar-refractivity contribution < 1.29 is 32.2 Å². The molecule has 5 rings (SSSR count). The molecule has 1 aliphatic rings. The molecule has 1 fully saturated rings. The van der Waals surface area contributed by atoms with E-state index in [0.717, 1.165) is 10.8 Å². The van der Waals surface area contributed by atoms with Crippen LogP contribution in [0.15, 0.2) is 71.8 Å². The van der Waals surface area contributed by atoms with Gasteiger partial charge in [0, 0.05) is 29.5 Å². The van der Waals surface area contributed by atoms with E-state index in [-0.39, 0.29) is 22.2 Å². The summed E-state index contributed by atoms with van der Waals surface area (Å²) in [4.78, 5) is 31.7. The summed E-state index contributed by atoms with van der Waals surface area (Å²) in [6.45, 7) is 3.45. The van der Waals surface area contributed by atoms with E-state index in [2.05, 4.69) is 15.6 Å². The summed E-state index contributed by atoms with van der Waals surface area (Å²) in [7, 11) is -2.47. The number of sulfone groups is 1. The van der Waals surface area contributed by atoms with E-state index < -0.39 is 39.1 Å². The topological polar surface area (TPSA) is 164 Å². The molecule has 0 bridgehead atoms. The lowest BCUT2D eigenvalue weighted by atomic mass is 10.0. The summed E-state index contributed by atoms with van der Waals surface area (Å²) in [6.07, 6.45) is 1.31. The highest BCUT2D eigenvalue weighted by Crippen LogP contribution is 2.40. The van der Waals surface area contributed by atoms with Crippen LogP contribution in [0.2, 0.25) is 0 Å². The van der Waals surface area contributed by atoms with Crippen LogP contribution in [0, 0.1) is 5.82 Å². The Morgan fingerprint density at radius 1 is 1.09 bits per heavy atom. The predicted molar refractivity (Wildman–Crippen MR) is 170 cm³/mol. The van der Waals surface area contributed by atoms with Crippen LogP contribution in [0.1, 0.15) is 49.9 Å². The maximum absolute atomic E-state index is 14.5. The smallest absolute Gasteiger partial charge is 0.409 e. The maximum atomic E-state index is 14.5. The van der Waals surface area contributed by atoms with Crippen LogP contribution in [0.5, 0.6) is 5.75 Å². The Kier molecular flexibility index (Phi) is 8.82. The maximum Gasteiger partial charge on any atom is 0.409 e. The lowest BCUT2D eigenvalue weighted by molar-refractivity contribution is -0.133. The van der Waals surface area contributed by atoms with E-state index in [1.807, 2.05) is 6.07 Å². The number of amides is 2. The number of nitrogen functional groups attached to an aromatic ring is 1. The zero-order valence-electron chi connectivity index (χ0n) is 25.0. The molecular weight excluding hydrogens is 601 g/mol. The zero-order chi connectivity index (χ0) is 32.5. The number of anilines is 3. The number of hydrogen-bond donors (Lipinski definition) is 4. The molecule has 0 spiro atoms. The number of likely N-dealkylation sites (tertiary alicyclic amines) is 1. The molecule has 3 aromatic carbocycles. The third-order valence-corrected chi connectivity index (χ3v) is 10.2. The highest BCUT2D eigenvalue weighted by molar-refractivity contribution is 7.92. The summed E-state index contributed by atoms with van der Waals surface area (Å²) >= 11 is 0. The Morgan fingerprint density at radius 3 is 2.56 bits per heavy atom. The highest BCUT2D eigenvalue weighted by Gasteiger charge is 2.38. The Balaban J connectivity index is 1.59. The lowest BCUT2D eigenvalue weighted by Gasteiger charge is -2.32. The fourth-order valence-electron chi connectivity index (χ4n) is 5.64. The second kappa shape index (κ2) is 12.6. The molecule has 4 aromatic rings. The minimum absolute atomic E-state index is 0.0341. The number of hydrogen-bond acceptors (Lipinski definition) is 8. The first-order valence-electron chi connectivity index (χ1n) is 14.3. The second-order valence-corrected chi connectivity index (χ2v) is 13.5. The predicted octanol–water partition coefficient (Wildman–Crippen LogP) is 5.75. The van der Waals surface area contributed by atoms with Gasteiger partial charge in [0.15, 0.2) is 21.4 Å². The number of nitrogens with two attached hydrogens (primary N) is 1. The normalized spacial score (nSPS) is 15.7. The molecule has 11 nitrogen and oxygen atoms in total. The number of benzene rings is 3. The number of aromatic nitrogens is 1. The summed E-state index contributed by atoms with van der Waals surface area (Å²) in [6, 6.07) is 13.9. The molecule has 0 aliphatic carbocycles. The Morgan fingerprint density at radius 2 is 1.84 bits per heavy atom. The van der Waals surface area contributed by atoms with Crippen LogP contribution in [0.25, 0.3) is 10.8 Å². The van der Waals surface area contributed by atoms with Crippen LogP contribution in [0.4, 0.5) is 26.4 Å². The van der Waals surface area contributed by atoms with Crippen molar-refractivity contribution in [2.75, 3.05) is 30.0 Å². The van der Waals surface area contributed by atoms with Gasteiger partial charge in [-0.1, -0.05) is 6.07 Å². The minimum Gasteiger partial charge on any atom is -0.494 e. The quantitative estimate of drug-likeness (QED) is 0.179. The molecule has 2 amide bonds. The number of fused-ring (bicyclic) bond motifs is 1. The molecular formula is C32H34FN5O6S. The van der Waals surface area contributed by atoms with Gasteiger partial charge < -0.3 is 25.8 Å². The van der Waals surface area contributed by atoms with Gasteiger partial charge in [-0.05, 0) is 97.8 Å². The largest absolute Gasteiger partial charge is 0.494 e. The monoisotopic (exact) mass is 635 g/mol. The molecule has 0 saturated carbocycles. The van der Waals surface area contributed by atoms with E-state index in [1.165, 1.54) is 43.5 Å². The number of carboxylic acid groups (broad SMARTS) is 1. The Hall–Kier alpha value is -4.91. The van der Waals surface area contributed by atoms with Crippen molar-refractivity contribution in [1.29, 1.82) is 0 Å². The first-order valence-corrected chi connectivity index (χ1v) is 15.9. The van der Waals surface area contributed by atoms with Crippen molar-refractivity contribution in [2.45, 2.75) is 48.9 Å². The molecule has 2 atom stereocenters. The molecule has 0 unspecified atom stereocenters. The van der Waals surface area contributed by atoms with Crippen molar-refractivity contribution in [2.24, 2.45) is 0 Å². The average Bonchev–Trinajstić information content (AvgIpc) is 3.49. The van der Waals surface area contributed by atoms with Crippen LogP contribution < -0.4 is 21.1 Å². The Labute approximate surface area is 260 Å². The molecule has 45 heavy (non-hydrogen) atoms. The highest BCUT2D eigenvalue weighted by atomic mass is 32.2. The zero-order valence-corrected chi connectivity index (χ0v) is 25.8. The van der Waals surface area contributed by atoms with Gasteiger partial charge in [-0.25, -0.2) is 22.6 Å². The molecule has 0 radical (unpaired) electrons. The summed E-state index contributed by atoms with van der Waals surface area (Å²) in [5, 5.41) is 15.7. The van der Waals surface area contributed by atoms with Crippen molar-refractivity contribution in [3.63, 3.8) is 0 Å². The number of nitrogens with zero attached hydrogens (tertiary/aromatic N) is 2. The molecule has 5 N–H and O–H groups in total. The molecule has 2 heterocycles. The standard InChI is InChI=1S/C32H34FN5O6S/c1-18(2)45(42,43)28-11-8-22(37-32(40)41)17-24(28)26-5-4-14-38(26)31(39)29(20-6-10-25(33)27(16-20)44-3)36-21-7-9-23-19(15-21)12-13-35-30(23)34/h6-13,15-18,26,29,36-37H,4-5,14H2,1-3H3,(H2,34,35)(H,40,41)/t26-,29-/m1/s1. The van der Waals surface area contributed by atoms with Crippen molar-refractivity contribution in [3.8, 4) is 5.75 Å². The third kappa shape index (κ3) is 6.34. The number of pyridine rings is 1. The van der Waals surface area contributed by atoms with Gasteiger partial charge in [0.05, 0.1) is 23.3 Å². The van der Waals surface area contributed by atoms with E-state index in [9.17, 15) is 27.5 Å². The van der Waals surface area contributed by atoms with E-state index in [0.29, 0.717) is 42.0 Å². The third-order valence-electron chi connectivity index (χ3n) is 7.94. The number of ether oxygens (including phenoxy) is 1. The number of nitrogens with one attached hydrogen (secondary N) is 2. The van der Waals surface area contributed by atoms with E-state index in [4.69, 9.17) is 10.5 Å². The lowest BCUT2D eigenvalue weighted by Crippen LogP contribution is -2.38. The summed E-state index contributed by atoms with van der Waals surface area (Å²) < 4.78 is 46.5. The fourth-order valence-corrected chi connectivity index (χ4v) is 6.93. The number of carbonyl (C=O) groups is 2. The van der Waals surface area contributed by atoms with E-state index in [1.54, 1.807) is 43.1 Å². The van der Waals surface area contributed by atoms with Gasteiger partial charge >= 0.3 is 6.09 Å². The van der Waals surface area contributed by atoms with Crippen molar-refractivity contribution in [1.82, 2.24) is 9.88 Å². The number of carbonyl (C=O) groups excluding carboxylic acids is 1.